The summed E-state index contributed by atoms with van der Waals surface area (Å²) >= 11 is 5.74. The summed E-state index contributed by atoms with van der Waals surface area (Å²) in [7, 11) is 1.73. The molecule has 92 valence electrons. The fourth-order valence-electron chi connectivity index (χ4n) is 2.35. The summed E-state index contributed by atoms with van der Waals surface area (Å²) in [5.41, 5.74) is 1.26. The van der Waals surface area contributed by atoms with Crippen LogP contribution in [0, 0.1) is 5.92 Å². The molecule has 0 aliphatic carbocycles. The van der Waals surface area contributed by atoms with E-state index in [9.17, 15) is 0 Å². The van der Waals surface area contributed by atoms with Gasteiger partial charge < -0.3 is 4.74 Å². The van der Waals surface area contributed by atoms with Crippen LogP contribution in [0.25, 0.3) is 0 Å². The molecular formula is C13H17ClN2O. The van der Waals surface area contributed by atoms with Crippen molar-refractivity contribution in [2.75, 3.05) is 20.3 Å². The average Bonchev–Trinajstić information content (AvgIpc) is 2.80. The first-order valence-corrected chi connectivity index (χ1v) is 6.19. The fourth-order valence-corrected chi connectivity index (χ4v) is 2.53. The first-order chi connectivity index (χ1) is 8.36. The third kappa shape index (κ3) is 2.79. The lowest BCUT2D eigenvalue weighted by Crippen LogP contribution is -2.24. The van der Waals surface area contributed by atoms with Crippen LogP contribution in [0.4, 0.5) is 0 Å². The Morgan fingerprint density at radius 3 is 2.82 bits per heavy atom. The van der Waals surface area contributed by atoms with E-state index in [1.165, 1.54) is 5.56 Å². The lowest BCUT2D eigenvalue weighted by molar-refractivity contribution is 0.178. The van der Waals surface area contributed by atoms with Crippen molar-refractivity contribution in [2.24, 2.45) is 10.9 Å². The number of halogens is 1. The second kappa shape index (κ2) is 6.03. The molecule has 2 atom stereocenters. The van der Waals surface area contributed by atoms with E-state index in [1.807, 2.05) is 18.2 Å². The monoisotopic (exact) mass is 252 g/mol. The molecule has 1 aliphatic rings. The summed E-state index contributed by atoms with van der Waals surface area (Å²) in [4.78, 5) is 7.16. The molecule has 1 aliphatic heterocycles. The molecule has 1 aromatic rings. The first-order valence-electron chi connectivity index (χ1n) is 5.81. The number of nitrogens with one attached hydrogen (secondary N) is 1. The Morgan fingerprint density at radius 1 is 1.41 bits per heavy atom. The van der Waals surface area contributed by atoms with E-state index < -0.39 is 0 Å². The van der Waals surface area contributed by atoms with Crippen LogP contribution in [-0.2, 0) is 4.74 Å². The van der Waals surface area contributed by atoms with Crippen LogP contribution >= 0.6 is 11.8 Å². The van der Waals surface area contributed by atoms with Crippen LogP contribution in [-0.4, -0.2) is 26.1 Å². The Kier molecular flexibility index (Phi) is 4.40. The van der Waals surface area contributed by atoms with Gasteiger partial charge in [0.1, 0.15) is 5.84 Å². The van der Waals surface area contributed by atoms with Gasteiger partial charge in [0.25, 0.3) is 0 Å². The van der Waals surface area contributed by atoms with Gasteiger partial charge in [0.15, 0.2) is 0 Å². The molecule has 1 aromatic carbocycles. The van der Waals surface area contributed by atoms with Crippen molar-refractivity contribution in [3.8, 4) is 0 Å². The summed E-state index contributed by atoms with van der Waals surface area (Å²) in [5, 5.41) is 0. The largest absolute Gasteiger partial charge is 0.385 e. The van der Waals surface area contributed by atoms with Gasteiger partial charge in [-0.05, 0) is 17.9 Å². The van der Waals surface area contributed by atoms with E-state index in [0.29, 0.717) is 5.92 Å². The minimum atomic E-state index is 0.267. The highest BCUT2D eigenvalue weighted by atomic mass is 35.5. The normalized spacial score (nSPS) is 23.5. The lowest BCUT2D eigenvalue weighted by Gasteiger charge is -2.20. The highest BCUT2D eigenvalue weighted by Crippen LogP contribution is 2.33. The second-order valence-electron chi connectivity index (χ2n) is 4.25. The molecule has 0 spiro atoms. The lowest BCUT2D eigenvalue weighted by atomic mass is 9.85. The average molecular weight is 253 g/mol. The molecule has 0 saturated carbocycles. The number of aliphatic imine (C=N–C) groups is 1. The van der Waals surface area contributed by atoms with Gasteiger partial charge >= 0.3 is 0 Å². The van der Waals surface area contributed by atoms with Crippen LogP contribution in [0.2, 0.25) is 0 Å². The SMILES string of the molecule is COCC[C@H]1CN=C(NCl)[C@@H]1c1ccccc1. The molecular weight excluding hydrogens is 236 g/mol. The first kappa shape index (κ1) is 12.4. The standard InChI is InChI=1S/C13H17ClN2O/c1-17-8-7-11-9-15-13(16-14)12(11)10-5-3-2-4-6-10/h2-6,11-12H,7-9H2,1H3,(H,15,16)/t11-,12+/m0/s1. The molecule has 1 heterocycles. The summed E-state index contributed by atoms with van der Waals surface area (Å²) in [6.45, 7) is 1.58. The van der Waals surface area contributed by atoms with E-state index >= 15 is 0 Å². The van der Waals surface area contributed by atoms with E-state index in [4.69, 9.17) is 16.5 Å². The van der Waals surface area contributed by atoms with E-state index in [2.05, 4.69) is 22.0 Å². The molecule has 2 rings (SSSR count). The van der Waals surface area contributed by atoms with Gasteiger partial charge in [0, 0.05) is 38.0 Å². The van der Waals surface area contributed by atoms with Crippen molar-refractivity contribution in [1.82, 2.24) is 4.84 Å². The quantitative estimate of drug-likeness (QED) is 0.836. The van der Waals surface area contributed by atoms with Crippen molar-refractivity contribution in [1.29, 1.82) is 0 Å². The number of nitrogens with zero attached hydrogens (tertiary/aromatic N) is 1. The van der Waals surface area contributed by atoms with Crippen LogP contribution in [0.3, 0.4) is 0 Å². The van der Waals surface area contributed by atoms with Crippen molar-refractivity contribution < 1.29 is 4.74 Å². The number of hydrogen-bond donors (Lipinski definition) is 1. The molecule has 0 fully saturated rings. The smallest absolute Gasteiger partial charge is 0.119 e. The highest BCUT2D eigenvalue weighted by molar-refractivity contribution is 6.23. The Hall–Kier alpha value is -1.06. The minimum Gasteiger partial charge on any atom is -0.385 e. The molecule has 0 unspecified atom stereocenters. The summed E-state index contributed by atoms with van der Waals surface area (Å²) in [5.74, 6) is 1.61. The second-order valence-corrected chi connectivity index (χ2v) is 4.44. The molecule has 3 nitrogen and oxygen atoms in total. The molecule has 1 N–H and O–H groups in total. The van der Waals surface area contributed by atoms with E-state index in [1.54, 1.807) is 7.11 Å². The third-order valence-electron chi connectivity index (χ3n) is 3.21. The number of benzene rings is 1. The Balaban J connectivity index is 2.16. The van der Waals surface area contributed by atoms with E-state index in [-0.39, 0.29) is 5.92 Å². The van der Waals surface area contributed by atoms with Gasteiger partial charge in [0.2, 0.25) is 0 Å². The molecule has 4 heteroatoms. The number of amidine groups is 1. The molecule has 0 aromatic heterocycles. The van der Waals surface area contributed by atoms with Gasteiger partial charge in [-0.2, -0.15) is 0 Å². The summed E-state index contributed by atoms with van der Waals surface area (Å²) in [6.07, 6.45) is 1.00. The number of rotatable bonds is 4. The fraction of sp³-hybridized carbons (Fsp3) is 0.462. The zero-order chi connectivity index (χ0) is 12.1. The summed E-state index contributed by atoms with van der Waals surface area (Å²) < 4.78 is 5.15. The maximum Gasteiger partial charge on any atom is 0.119 e. The van der Waals surface area contributed by atoms with Gasteiger partial charge in [0.05, 0.1) is 0 Å². The van der Waals surface area contributed by atoms with Crippen LogP contribution in [0.5, 0.6) is 0 Å². The summed E-state index contributed by atoms with van der Waals surface area (Å²) in [6, 6.07) is 10.4. The van der Waals surface area contributed by atoms with Gasteiger partial charge in [-0.25, -0.2) is 0 Å². The number of methoxy groups -OCH3 is 1. The zero-order valence-electron chi connectivity index (χ0n) is 9.90. The van der Waals surface area contributed by atoms with Crippen LogP contribution in [0.15, 0.2) is 35.3 Å². The van der Waals surface area contributed by atoms with Crippen molar-refractivity contribution >= 4 is 17.6 Å². The predicted molar refractivity (Wildman–Crippen MR) is 70.5 cm³/mol. The Bertz CT molecular complexity index is 380. The molecule has 0 bridgehead atoms. The van der Waals surface area contributed by atoms with Gasteiger partial charge in [-0.3, -0.25) is 9.83 Å². The number of hydrogen-bond acceptors (Lipinski definition) is 3. The molecule has 17 heavy (non-hydrogen) atoms. The van der Waals surface area contributed by atoms with Gasteiger partial charge in [-0.1, -0.05) is 30.3 Å². The minimum absolute atomic E-state index is 0.267. The Morgan fingerprint density at radius 2 is 2.18 bits per heavy atom. The predicted octanol–water partition coefficient (Wildman–Crippen LogP) is 2.58. The highest BCUT2D eigenvalue weighted by Gasteiger charge is 2.32. The Labute approximate surface area is 107 Å². The maximum atomic E-state index is 5.74. The molecule has 0 amide bonds. The van der Waals surface area contributed by atoms with Crippen molar-refractivity contribution in [2.45, 2.75) is 12.3 Å². The van der Waals surface area contributed by atoms with E-state index in [0.717, 1.165) is 25.4 Å². The maximum absolute atomic E-state index is 5.74. The topological polar surface area (TPSA) is 33.6 Å². The van der Waals surface area contributed by atoms with Crippen molar-refractivity contribution in [3.63, 3.8) is 0 Å². The molecule has 0 saturated heterocycles. The zero-order valence-corrected chi connectivity index (χ0v) is 10.7. The molecule has 0 radical (unpaired) electrons. The van der Waals surface area contributed by atoms with Crippen molar-refractivity contribution in [3.05, 3.63) is 35.9 Å². The van der Waals surface area contributed by atoms with Crippen LogP contribution in [0.1, 0.15) is 17.9 Å². The number of ether oxygens (including phenoxy) is 1. The van der Waals surface area contributed by atoms with Gasteiger partial charge in [-0.15, -0.1) is 0 Å². The van der Waals surface area contributed by atoms with Crippen LogP contribution < -0.4 is 4.84 Å². The third-order valence-corrected chi connectivity index (χ3v) is 3.40.